The lowest BCUT2D eigenvalue weighted by Gasteiger charge is -2.30. The molecule has 2 amide bonds. The number of benzene rings is 1. The summed E-state index contributed by atoms with van der Waals surface area (Å²) in [5, 5.41) is 0. The average molecular weight is 442 g/mol. The van der Waals surface area contributed by atoms with Gasteiger partial charge in [-0.05, 0) is 76.3 Å². The third kappa shape index (κ3) is 5.28. The molecule has 1 saturated carbocycles. The van der Waals surface area contributed by atoms with Gasteiger partial charge in [0.2, 0.25) is 0 Å². The van der Waals surface area contributed by atoms with Gasteiger partial charge in [-0.1, -0.05) is 25.3 Å². The van der Waals surface area contributed by atoms with Crippen LogP contribution in [0.3, 0.4) is 0 Å². The quantitative estimate of drug-likeness (QED) is 0.615. The second-order valence-corrected chi connectivity index (χ2v) is 10.1. The van der Waals surface area contributed by atoms with E-state index in [0.29, 0.717) is 25.4 Å². The predicted octanol–water partition coefficient (Wildman–Crippen LogP) is 4.39. The van der Waals surface area contributed by atoms with Gasteiger partial charge in [0.1, 0.15) is 0 Å². The van der Waals surface area contributed by atoms with Crippen LogP contribution in [0.2, 0.25) is 0 Å². The molecule has 0 aromatic heterocycles. The van der Waals surface area contributed by atoms with Crippen LogP contribution in [0.4, 0.5) is 10.5 Å². The Morgan fingerprint density at radius 2 is 1.81 bits per heavy atom. The molecule has 2 aliphatic heterocycles. The van der Waals surface area contributed by atoms with Crippen molar-refractivity contribution in [2.45, 2.75) is 89.8 Å². The van der Waals surface area contributed by atoms with Gasteiger partial charge in [0.05, 0.1) is 12.1 Å². The summed E-state index contributed by atoms with van der Waals surface area (Å²) in [4.78, 5) is 32.3. The zero-order valence-electron chi connectivity index (χ0n) is 20.0. The Morgan fingerprint density at radius 1 is 1.09 bits per heavy atom. The Morgan fingerprint density at radius 3 is 2.53 bits per heavy atom. The van der Waals surface area contributed by atoms with Gasteiger partial charge in [-0.3, -0.25) is 9.69 Å². The van der Waals surface area contributed by atoms with Crippen LogP contribution < -0.4 is 4.90 Å². The third-order valence-corrected chi connectivity index (χ3v) is 7.28. The predicted molar refractivity (Wildman–Crippen MR) is 127 cm³/mol. The fourth-order valence-corrected chi connectivity index (χ4v) is 5.50. The standard InChI is InChI=1S/C26H39N3O3/c1-19(2)32-25(30)12-11-24-18-28(22-7-5-4-6-8-22)26(31)29(24)23-10-9-20-13-15-27(3)16-14-21(20)17-23/h9-10,17,19,22,24H,4-8,11-16,18H2,1-3H3. The lowest BCUT2D eigenvalue weighted by molar-refractivity contribution is -0.147. The van der Waals surface area contributed by atoms with Crippen LogP contribution >= 0.6 is 0 Å². The minimum atomic E-state index is -0.173. The summed E-state index contributed by atoms with van der Waals surface area (Å²) < 4.78 is 5.36. The monoisotopic (exact) mass is 441 g/mol. The van der Waals surface area contributed by atoms with Crippen molar-refractivity contribution < 1.29 is 14.3 Å². The minimum Gasteiger partial charge on any atom is -0.463 e. The molecule has 6 nitrogen and oxygen atoms in total. The van der Waals surface area contributed by atoms with Crippen molar-refractivity contribution in [3.63, 3.8) is 0 Å². The summed E-state index contributed by atoms with van der Waals surface area (Å²) >= 11 is 0. The molecule has 1 unspecified atom stereocenters. The molecule has 6 heteroatoms. The molecule has 3 aliphatic rings. The molecule has 0 bridgehead atoms. The van der Waals surface area contributed by atoms with Crippen molar-refractivity contribution in [3.8, 4) is 0 Å². The first-order valence-electron chi connectivity index (χ1n) is 12.5. The smallest absolute Gasteiger partial charge is 0.325 e. The van der Waals surface area contributed by atoms with Crippen LogP contribution in [0.1, 0.15) is 69.9 Å². The fourth-order valence-electron chi connectivity index (χ4n) is 5.50. The zero-order chi connectivity index (χ0) is 22.7. The molecule has 1 aliphatic carbocycles. The van der Waals surface area contributed by atoms with E-state index in [9.17, 15) is 9.59 Å². The summed E-state index contributed by atoms with van der Waals surface area (Å²) in [6.07, 6.45) is 8.81. The van der Waals surface area contributed by atoms with Crippen LogP contribution in [-0.2, 0) is 22.4 Å². The summed E-state index contributed by atoms with van der Waals surface area (Å²) in [6.45, 7) is 6.58. The lowest BCUT2D eigenvalue weighted by atomic mass is 9.94. The van der Waals surface area contributed by atoms with E-state index in [1.54, 1.807) is 0 Å². The van der Waals surface area contributed by atoms with Gasteiger partial charge in [-0.15, -0.1) is 0 Å². The van der Waals surface area contributed by atoms with Crippen molar-refractivity contribution in [1.29, 1.82) is 0 Å². The highest BCUT2D eigenvalue weighted by molar-refractivity contribution is 5.95. The average Bonchev–Trinajstić information content (AvgIpc) is 2.99. The van der Waals surface area contributed by atoms with E-state index in [1.165, 1.54) is 30.4 Å². The number of ether oxygens (including phenoxy) is 1. The number of hydrogen-bond acceptors (Lipinski definition) is 4. The van der Waals surface area contributed by atoms with Crippen LogP contribution in [-0.4, -0.2) is 66.7 Å². The number of anilines is 1. The first kappa shape index (κ1) is 23.1. The Bertz CT molecular complexity index is 819. The molecule has 1 aromatic carbocycles. The Hall–Kier alpha value is -2.08. The van der Waals surface area contributed by atoms with Gasteiger partial charge in [-0.25, -0.2) is 4.79 Å². The Balaban J connectivity index is 1.56. The lowest BCUT2D eigenvalue weighted by Crippen LogP contribution is -2.40. The number of amides is 2. The molecule has 0 radical (unpaired) electrons. The van der Waals surface area contributed by atoms with Crippen molar-refractivity contribution in [3.05, 3.63) is 29.3 Å². The number of rotatable bonds is 6. The van der Waals surface area contributed by atoms with E-state index in [0.717, 1.165) is 44.5 Å². The summed E-state index contributed by atoms with van der Waals surface area (Å²) in [7, 11) is 2.17. The van der Waals surface area contributed by atoms with Crippen molar-refractivity contribution in [2.24, 2.45) is 0 Å². The van der Waals surface area contributed by atoms with Gasteiger partial charge < -0.3 is 14.5 Å². The van der Waals surface area contributed by atoms with Gasteiger partial charge in [0.15, 0.2) is 0 Å². The molecule has 1 atom stereocenters. The molecule has 0 N–H and O–H groups in total. The molecule has 176 valence electrons. The number of nitrogens with zero attached hydrogens (tertiary/aromatic N) is 3. The van der Waals surface area contributed by atoms with Gasteiger partial charge >= 0.3 is 12.0 Å². The molecular formula is C26H39N3O3. The second kappa shape index (κ2) is 10.2. The number of carbonyl (C=O) groups is 2. The van der Waals surface area contributed by atoms with E-state index in [4.69, 9.17) is 4.74 Å². The fraction of sp³-hybridized carbons (Fsp3) is 0.692. The van der Waals surface area contributed by atoms with Gasteiger partial charge in [0, 0.05) is 37.8 Å². The zero-order valence-corrected chi connectivity index (χ0v) is 20.0. The van der Waals surface area contributed by atoms with E-state index in [2.05, 4.69) is 35.0 Å². The normalized spacial score (nSPS) is 22.9. The highest BCUT2D eigenvalue weighted by Crippen LogP contribution is 2.34. The van der Waals surface area contributed by atoms with E-state index in [1.807, 2.05) is 18.7 Å². The highest BCUT2D eigenvalue weighted by atomic mass is 16.5. The number of hydrogen-bond donors (Lipinski definition) is 0. The molecule has 4 rings (SSSR count). The van der Waals surface area contributed by atoms with E-state index < -0.39 is 0 Å². The number of fused-ring (bicyclic) bond motifs is 1. The first-order valence-corrected chi connectivity index (χ1v) is 12.5. The molecule has 2 heterocycles. The first-order chi connectivity index (χ1) is 15.4. The van der Waals surface area contributed by atoms with Crippen LogP contribution in [0.15, 0.2) is 18.2 Å². The number of likely N-dealkylation sites (N-methyl/N-ethyl adjacent to an activating group) is 1. The maximum Gasteiger partial charge on any atom is 0.325 e. The molecule has 32 heavy (non-hydrogen) atoms. The van der Waals surface area contributed by atoms with Crippen molar-refractivity contribution in [1.82, 2.24) is 9.80 Å². The molecule has 1 saturated heterocycles. The van der Waals surface area contributed by atoms with Gasteiger partial charge in [-0.2, -0.15) is 0 Å². The van der Waals surface area contributed by atoms with Crippen LogP contribution in [0, 0.1) is 0 Å². The second-order valence-electron chi connectivity index (χ2n) is 10.1. The van der Waals surface area contributed by atoms with Crippen LogP contribution in [0.5, 0.6) is 0 Å². The van der Waals surface area contributed by atoms with Crippen molar-refractivity contribution in [2.75, 3.05) is 31.6 Å². The Kier molecular flexibility index (Phi) is 7.39. The molecule has 1 aromatic rings. The number of carbonyl (C=O) groups excluding carboxylic acids is 2. The molecule has 0 spiro atoms. The van der Waals surface area contributed by atoms with Crippen molar-refractivity contribution >= 4 is 17.7 Å². The summed E-state index contributed by atoms with van der Waals surface area (Å²) in [5.74, 6) is -0.173. The molecular weight excluding hydrogens is 402 g/mol. The Labute approximate surface area is 192 Å². The topological polar surface area (TPSA) is 53.1 Å². The maximum atomic E-state index is 13.7. The number of urea groups is 1. The van der Waals surface area contributed by atoms with Gasteiger partial charge in [0.25, 0.3) is 0 Å². The van der Waals surface area contributed by atoms with E-state index in [-0.39, 0.29) is 24.1 Å². The number of esters is 1. The third-order valence-electron chi connectivity index (χ3n) is 7.28. The highest BCUT2D eigenvalue weighted by Gasteiger charge is 2.41. The van der Waals surface area contributed by atoms with Crippen LogP contribution in [0.25, 0.3) is 0 Å². The SMILES string of the molecule is CC(C)OC(=O)CCC1CN(C2CCCCC2)C(=O)N1c1ccc2c(c1)CCN(C)CC2. The minimum absolute atomic E-state index is 0.00985. The largest absolute Gasteiger partial charge is 0.463 e. The molecule has 2 fully saturated rings. The maximum absolute atomic E-state index is 13.7. The summed E-state index contributed by atoms with van der Waals surface area (Å²) in [5.41, 5.74) is 3.73. The summed E-state index contributed by atoms with van der Waals surface area (Å²) in [6, 6.07) is 7.02. The van der Waals surface area contributed by atoms with E-state index >= 15 is 0 Å².